The zero-order chi connectivity index (χ0) is 11.4. The zero-order valence-electron chi connectivity index (χ0n) is 8.36. The molecule has 0 aliphatic heterocycles. The topological polar surface area (TPSA) is 22.1 Å². The van der Waals surface area contributed by atoms with Crippen LogP contribution in [0.2, 0.25) is 0 Å². The van der Waals surface area contributed by atoms with E-state index in [9.17, 15) is 0 Å². The van der Waals surface area contributed by atoms with Gasteiger partial charge in [0.2, 0.25) is 5.88 Å². The molecule has 0 atom stereocenters. The summed E-state index contributed by atoms with van der Waals surface area (Å²) in [6.45, 7) is 0.517. The van der Waals surface area contributed by atoms with Gasteiger partial charge in [-0.15, -0.1) is 0 Å². The Morgan fingerprint density at radius 3 is 2.62 bits per heavy atom. The molecule has 0 saturated carbocycles. The first kappa shape index (κ1) is 11.6. The Balaban J connectivity index is 2.02. The molecule has 2 aromatic rings. The molecule has 1 aromatic heterocycles. The second-order valence-corrected chi connectivity index (χ2v) is 4.95. The largest absolute Gasteiger partial charge is 0.473 e. The summed E-state index contributed by atoms with van der Waals surface area (Å²) in [5.74, 6) is 0.620. The van der Waals surface area contributed by atoms with E-state index in [-0.39, 0.29) is 0 Å². The van der Waals surface area contributed by atoms with Crippen LogP contribution in [-0.4, -0.2) is 4.98 Å². The fraction of sp³-hybridized carbons (Fsp3) is 0.0833. The Bertz CT molecular complexity index is 442. The van der Waals surface area contributed by atoms with Crippen LogP contribution in [0.3, 0.4) is 0 Å². The fourth-order valence-electron chi connectivity index (χ4n) is 1.25. The lowest BCUT2D eigenvalue weighted by Gasteiger charge is -2.05. The number of hydrogen-bond donors (Lipinski definition) is 0. The van der Waals surface area contributed by atoms with Crippen LogP contribution >= 0.6 is 31.9 Å². The lowest BCUT2D eigenvalue weighted by Crippen LogP contribution is -1.96. The molecule has 0 aliphatic carbocycles. The quantitative estimate of drug-likeness (QED) is 0.780. The maximum absolute atomic E-state index is 5.57. The first-order valence-electron chi connectivity index (χ1n) is 4.74. The van der Waals surface area contributed by atoms with Gasteiger partial charge in [-0.3, -0.25) is 0 Å². The molecule has 0 amide bonds. The van der Waals surface area contributed by atoms with Crippen LogP contribution in [0.4, 0.5) is 0 Å². The van der Waals surface area contributed by atoms with Gasteiger partial charge in [0.25, 0.3) is 0 Å². The van der Waals surface area contributed by atoms with Crippen LogP contribution in [0.5, 0.6) is 5.88 Å². The fourth-order valence-corrected chi connectivity index (χ4v) is 2.03. The predicted octanol–water partition coefficient (Wildman–Crippen LogP) is 4.19. The molecule has 0 aliphatic rings. The second-order valence-electron chi connectivity index (χ2n) is 3.22. The summed E-state index contributed by atoms with van der Waals surface area (Å²) in [5, 5.41) is 0. The summed E-state index contributed by atoms with van der Waals surface area (Å²) >= 11 is 6.72. The molecule has 82 valence electrons. The third-order valence-corrected chi connectivity index (χ3v) is 2.90. The molecule has 0 N–H and O–H groups in total. The van der Waals surface area contributed by atoms with Crippen molar-refractivity contribution in [2.24, 2.45) is 0 Å². The van der Waals surface area contributed by atoms with Crippen LogP contribution < -0.4 is 4.74 Å². The van der Waals surface area contributed by atoms with E-state index in [0.717, 1.165) is 14.6 Å². The third kappa shape index (κ3) is 3.32. The van der Waals surface area contributed by atoms with E-state index in [1.807, 2.05) is 42.5 Å². The second kappa shape index (κ2) is 5.46. The van der Waals surface area contributed by atoms with Crippen molar-refractivity contribution in [3.8, 4) is 5.88 Å². The van der Waals surface area contributed by atoms with Crippen LogP contribution in [0, 0.1) is 0 Å². The first-order chi connectivity index (χ1) is 7.74. The third-order valence-electron chi connectivity index (χ3n) is 1.97. The van der Waals surface area contributed by atoms with E-state index in [1.54, 1.807) is 0 Å². The molecule has 2 rings (SSSR count). The van der Waals surface area contributed by atoms with E-state index < -0.39 is 0 Å². The smallest absolute Gasteiger partial charge is 0.214 e. The van der Waals surface area contributed by atoms with Gasteiger partial charge in [0.15, 0.2) is 0 Å². The lowest BCUT2D eigenvalue weighted by molar-refractivity contribution is 0.293. The number of halogens is 2. The molecule has 0 bridgehead atoms. The molecular weight excluding hydrogens is 334 g/mol. The Morgan fingerprint density at radius 2 is 1.88 bits per heavy atom. The van der Waals surface area contributed by atoms with Crippen molar-refractivity contribution in [3.05, 3.63) is 57.1 Å². The Morgan fingerprint density at radius 1 is 1.06 bits per heavy atom. The van der Waals surface area contributed by atoms with Gasteiger partial charge in [-0.05, 0) is 39.7 Å². The zero-order valence-corrected chi connectivity index (χ0v) is 11.5. The van der Waals surface area contributed by atoms with Crippen molar-refractivity contribution in [3.63, 3.8) is 0 Å². The maximum atomic E-state index is 5.57. The first-order valence-corrected chi connectivity index (χ1v) is 6.32. The summed E-state index contributed by atoms with van der Waals surface area (Å²) in [5.41, 5.74) is 1.11. The number of pyridine rings is 1. The van der Waals surface area contributed by atoms with Gasteiger partial charge in [0.1, 0.15) is 11.2 Å². The monoisotopic (exact) mass is 341 g/mol. The van der Waals surface area contributed by atoms with Crippen LogP contribution in [0.15, 0.2) is 51.5 Å². The number of rotatable bonds is 3. The van der Waals surface area contributed by atoms with Gasteiger partial charge in [-0.2, -0.15) is 0 Å². The molecule has 0 unspecified atom stereocenters. The highest BCUT2D eigenvalue weighted by Crippen LogP contribution is 2.16. The molecule has 0 radical (unpaired) electrons. The van der Waals surface area contributed by atoms with Crippen molar-refractivity contribution < 1.29 is 4.74 Å². The molecule has 0 spiro atoms. The van der Waals surface area contributed by atoms with Gasteiger partial charge in [0.05, 0.1) is 0 Å². The minimum absolute atomic E-state index is 0.517. The SMILES string of the molecule is Brc1cccc(COc2cccc(Br)n2)c1. The highest BCUT2D eigenvalue weighted by molar-refractivity contribution is 9.10. The van der Waals surface area contributed by atoms with Gasteiger partial charge >= 0.3 is 0 Å². The Labute approximate surface area is 111 Å². The number of hydrogen-bond acceptors (Lipinski definition) is 2. The predicted molar refractivity (Wildman–Crippen MR) is 70.4 cm³/mol. The van der Waals surface area contributed by atoms with Gasteiger partial charge in [-0.25, -0.2) is 4.98 Å². The molecule has 1 aromatic carbocycles. The average molecular weight is 343 g/mol. The molecule has 1 heterocycles. The maximum Gasteiger partial charge on any atom is 0.214 e. The van der Waals surface area contributed by atoms with Gasteiger partial charge < -0.3 is 4.74 Å². The lowest BCUT2D eigenvalue weighted by atomic mass is 10.2. The number of benzene rings is 1. The van der Waals surface area contributed by atoms with Gasteiger partial charge in [0, 0.05) is 10.5 Å². The minimum Gasteiger partial charge on any atom is -0.473 e. The highest BCUT2D eigenvalue weighted by Gasteiger charge is 1.98. The van der Waals surface area contributed by atoms with Crippen molar-refractivity contribution in [2.75, 3.05) is 0 Å². The van der Waals surface area contributed by atoms with Crippen molar-refractivity contribution in [1.29, 1.82) is 0 Å². The van der Waals surface area contributed by atoms with E-state index in [0.29, 0.717) is 12.5 Å². The number of nitrogens with zero attached hydrogens (tertiary/aromatic N) is 1. The summed E-state index contributed by atoms with van der Waals surface area (Å²) in [6, 6.07) is 13.6. The molecule has 0 saturated heterocycles. The standard InChI is InChI=1S/C12H9Br2NO/c13-10-4-1-3-9(7-10)8-16-12-6-2-5-11(14)15-12/h1-7H,8H2. The van der Waals surface area contributed by atoms with Crippen LogP contribution in [0.25, 0.3) is 0 Å². The van der Waals surface area contributed by atoms with E-state index in [2.05, 4.69) is 36.8 Å². The number of ether oxygens (including phenoxy) is 1. The van der Waals surface area contributed by atoms with E-state index in [1.165, 1.54) is 0 Å². The van der Waals surface area contributed by atoms with E-state index >= 15 is 0 Å². The van der Waals surface area contributed by atoms with Gasteiger partial charge in [-0.1, -0.05) is 34.1 Å². The van der Waals surface area contributed by atoms with Crippen molar-refractivity contribution >= 4 is 31.9 Å². The summed E-state index contributed by atoms with van der Waals surface area (Å²) in [7, 11) is 0. The molecule has 4 heteroatoms. The van der Waals surface area contributed by atoms with Crippen LogP contribution in [0.1, 0.15) is 5.56 Å². The Hall–Kier alpha value is -0.870. The van der Waals surface area contributed by atoms with Crippen LogP contribution in [-0.2, 0) is 6.61 Å². The average Bonchev–Trinajstić information content (AvgIpc) is 2.27. The Kier molecular flexibility index (Phi) is 3.96. The molecule has 0 fully saturated rings. The highest BCUT2D eigenvalue weighted by atomic mass is 79.9. The summed E-state index contributed by atoms with van der Waals surface area (Å²) < 4.78 is 7.39. The van der Waals surface area contributed by atoms with E-state index in [4.69, 9.17) is 4.74 Å². The normalized spacial score (nSPS) is 10.1. The molecule has 2 nitrogen and oxygen atoms in total. The van der Waals surface area contributed by atoms with Crippen molar-refractivity contribution in [2.45, 2.75) is 6.61 Å². The molecule has 16 heavy (non-hydrogen) atoms. The minimum atomic E-state index is 0.517. The summed E-state index contributed by atoms with van der Waals surface area (Å²) in [6.07, 6.45) is 0. The molecular formula is C12H9Br2NO. The van der Waals surface area contributed by atoms with Crippen molar-refractivity contribution in [1.82, 2.24) is 4.98 Å². The number of aromatic nitrogens is 1. The summed E-state index contributed by atoms with van der Waals surface area (Å²) in [4.78, 5) is 4.19.